The Bertz CT molecular complexity index is 294. The van der Waals surface area contributed by atoms with Crippen LogP contribution in [-0.2, 0) is 0 Å². The molecule has 1 saturated heterocycles. The third-order valence-corrected chi connectivity index (χ3v) is 1.90. The molecule has 6 nitrogen and oxygen atoms in total. The molecule has 0 saturated carbocycles. The zero-order chi connectivity index (χ0) is 8.72. The molecule has 0 aliphatic carbocycles. The lowest BCUT2D eigenvalue weighted by molar-refractivity contribution is 0.229. The van der Waals surface area contributed by atoms with Crippen LogP contribution in [0.4, 0.5) is 4.79 Å². The molecular weight excluding hydrogens is 158 g/mol. The number of carbonyl (C=O) groups excluding carboxylic acids is 1. The van der Waals surface area contributed by atoms with E-state index in [-0.39, 0.29) is 12.2 Å². The molecule has 1 fully saturated rings. The number of carbonyl (C=O) groups is 1. The van der Waals surface area contributed by atoms with Gasteiger partial charge in [-0.15, -0.1) is 0 Å². The molecule has 0 bridgehead atoms. The standard InChI is InChI=1S/C6H9N5O/c1-11-3-4(7)8-2-9-5(3)10-6(11)12/h2,5H,7H2,1H3,(H,8,9)(H,10,12). The normalized spacial score (nSPS) is 26.9. The Morgan fingerprint density at radius 3 is 3.17 bits per heavy atom. The fraction of sp³-hybridized carbons (Fsp3) is 0.333. The zero-order valence-corrected chi connectivity index (χ0v) is 6.53. The van der Waals surface area contributed by atoms with Crippen LogP contribution in [0.15, 0.2) is 16.5 Å². The van der Waals surface area contributed by atoms with E-state index in [1.807, 2.05) is 0 Å². The second-order valence-electron chi connectivity index (χ2n) is 2.63. The maximum Gasteiger partial charge on any atom is 0.323 e. The van der Waals surface area contributed by atoms with Crippen LogP contribution < -0.4 is 16.4 Å². The molecule has 0 aromatic carbocycles. The average Bonchev–Trinajstić information content (AvgIpc) is 2.29. The topological polar surface area (TPSA) is 82.8 Å². The van der Waals surface area contributed by atoms with Gasteiger partial charge in [0.15, 0.2) is 6.17 Å². The predicted octanol–water partition coefficient (Wildman–Crippen LogP) is -1.27. The van der Waals surface area contributed by atoms with Gasteiger partial charge in [0.25, 0.3) is 0 Å². The second kappa shape index (κ2) is 2.13. The molecule has 1 unspecified atom stereocenters. The number of rotatable bonds is 0. The van der Waals surface area contributed by atoms with Crippen LogP contribution in [0.25, 0.3) is 0 Å². The van der Waals surface area contributed by atoms with Gasteiger partial charge in [0.1, 0.15) is 11.5 Å². The minimum absolute atomic E-state index is 0.182. The third kappa shape index (κ3) is 0.744. The quantitative estimate of drug-likeness (QED) is 0.420. The molecule has 2 amide bonds. The lowest BCUT2D eigenvalue weighted by atomic mass is 10.3. The second-order valence-corrected chi connectivity index (χ2v) is 2.63. The predicted molar refractivity (Wildman–Crippen MR) is 42.9 cm³/mol. The summed E-state index contributed by atoms with van der Waals surface area (Å²) in [5, 5.41) is 5.38. The molecule has 2 aliphatic rings. The molecule has 0 aromatic rings. The first-order valence-corrected chi connectivity index (χ1v) is 3.52. The number of nitrogens with two attached hydrogens (primary N) is 1. The Hall–Kier alpha value is -1.72. The lowest BCUT2D eigenvalue weighted by Gasteiger charge is -2.17. The molecular formula is C6H9N5O. The molecule has 12 heavy (non-hydrogen) atoms. The van der Waals surface area contributed by atoms with Crippen LogP contribution in [-0.4, -0.2) is 30.5 Å². The molecule has 6 heteroatoms. The summed E-state index contributed by atoms with van der Waals surface area (Å²) in [5.41, 5.74) is 6.30. The highest BCUT2D eigenvalue weighted by Crippen LogP contribution is 2.18. The van der Waals surface area contributed by atoms with Gasteiger partial charge in [-0.1, -0.05) is 0 Å². The Labute approximate surface area is 69.1 Å². The van der Waals surface area contributed by atoms with Crippen molar-refractivity contribution in [3.05, 3.63) is 11.5 Å². The zero-order valence-electron chi connectivity index (χ0n) is 6.53. The van der Waals surface area contributed by atoms with Crippen molar-refractivity contribution in [3.63, 3.8) is 0 Å². The molecule has 0 aromatic heterocycles. The summed E-state index contributed by atoms with van der Waals surface area (Å²) in [6, 6.07) is -0.182. The van der Waals surface area contributed by atoms with Crippen molar-refractivity contribution < 1.29 is 4.79 Å². The Morgan fingerprint density at radius 2 is 2.50 bits per heavy atom. The highest BCUT2D eigenvalue weighted by atomic mass is 16.2. The number of nitrogens with one attached hydrogen (secondary N) is 2. The van der Waals surface area contributed by atoms with E-state index in [0.29, 0.717) is 11.5 Å². The third-order valence-electron chi connectivity index (χ3n) is 1.90. The van der Waals surface area contributed by atoms with Crippen molar-refractivity contribution in [1.82, 2.24) is 15.5 Å². The van der Waals surface area contributed by atoms with Crippen LogP contribution in [0.2, 0.25) is 0 Å². The first-order chi connectivity index (χ1) is 5.70. The minimum atomic E-state index is -0.316. The molecule has 1 atom stereocenters. The molecule has 2 rings (SSSR count). The van der Waals surface area contributed by atoms with Crippen molar-refractivity contribution >= 4 is 12.4 Å². The fourth-order valence-corrected chi connectivity index (χ4v) is 1.27. The number of nitrogens with zero attached hydrogens (tertiary/aromatic N) is 2. The number of hydrogen-bond donors (Lipinski definition) is 3. The Morgan fingerprint density at radius 1 is 1.75 bits per heavy atom. The highest BCUT2D eigenvalue weighted by molar-refractivity contribution is 5.81. The summed E-state index contributed by atoms with van der Waals surface area (Å²) in [4.78, 5) is 16.6. The van der Waals surface area contributed by atoms with Gasteiger partial charge in [0.05, 0.1) is 6.34 Å². The van der Waals surface area contributed by atoms with E-state index in [9.17, 15) is 4.79 Å². The number of hydrogen-bond acceptors (Lipinski definition) is 4. The molecule has 64 valence electrons. The maximum absolute atomic E-state index is 11.1. The van der Waals surface area contributed by atoms with Crippen LogP contribution in [0, 0.1) is 0 Å². The van der Waals surface area contributed by atoms with Crippen molar-refractivity contribution in [2.24, 2.45) is 10.7 Å². The Kier molecular flexibility index (Phi) is 1.24. The van der Waals surface area contributed by atoms with E-state index in [1.165, 1.54) is 11.2 Å². The van der Waals surface area contributed by atoms with Gasteiger partial charge in [-0.2, -0.15) is 0 Å². The first-order valence-electron chi connectivity index (χ1n) is 3.52. The largest absolute Gasteiger partial charge is 0.384 e. The minimum Gasteiger partial charge on any atom is -0.384 e. The Balaban J connectivity index is 2.41. The van der Waals surface area contributed by atoms with E-state index in [1.54, 1.807) is 7.05 Å². The molecule has 4 N–H and O–H groups in total. The highest BCUT2D eigenvalue weighted by Gasteiger charge is 2.34. The monoisotopic (exact) mass is 167 g/mol. The van der Waals surface area contributed by atoms with Crippen molar-refractivity contribution in [3.8, 4) is 0 Å². The smallest absolute Gasteiger partial charge is 0.323 e. The number of likely N-dealkylation sites (N-methyl/N-ethyl adjacent to an activating group) is 1. The van der Waals surface area contributed by atoms with Gasteiger partial charge < -0.3 is 16.4 Å². The van der Waals surface area contributed by atoms with Gasteiger partial charge >= 0.3 is 6.03 Å². The van der Waals surface area contributed by atoms with E-state index in [0.717, 1.165) is 0 Å². The van der Waals surface area contributed by atoms with Gasteiger partial charge in [-0.25, -0.2) is 9.79 Å². The first kappa shape index (κ1) is 6.96. The van der Waals surface area contributed by atoms with Crippen molar-refractivity contribution in [2.75, 3.05) is 7.05 Å². The summed E-state index contributed by atoms with van der Waals surface area (Å²) < 4.78 is 0. The number of aliphatic imine (C=N–C) groups is 1. The van der Waals surface area contributed by atoms with Gasteiger partial charge in [0, 0.05) is 7.05 Å². The summed E-state index contributed by atoms with van der Waals surface area (Å²) in [5.74, 6) is 0.468. The molecule has 2 aliphatic heterocycles. The summed E-state index contributed by atoms with van der Waals surface area (Å²) in [7, 11) is 1.65. The summed E-state index contributed by atoms with van der Waals surface area (Å²) in [6.07, 6.45) is 1.16. The van der Waals surface area contributed by atoms with E-state index in [2.05, 4.69) is 15.6 Å². The molecule has 2 heterocycles. The SMILES string of the molecule is CN1C(=O)NC2N=CNC(N)=C21. The number of amides is 2. The van der Waals surface area contributed by atoms with Crippen molar-refractivity contribution in [1.29, 1.82) is 0 Å². The van der Waals surface area contributed by atoms with Gasteiger partial charge in [-0.3, -0.25) is 4.90 Å². The lowest BCUT2D eigenvalue weighted by Crippen LogP contribution is -2.33. The van der Waals surface area contributed by atoms with E-state index in [4.69, 9.17) is 5.73 Å². The van der Waals surface area contributed by atoms with E-state index < -0.39 is 0 Å². The molecule has 0 spiro atoms. The fourth-order valence-electron chi connectivity index (χ4n) is 1.27. The van der Waals surface area contributed by atoms with Gasteiger partial charge in [0.2, 0.25) is 0 Å². The molecule has 0 radical (unpaired) electrons. The summed E-state index contributed by atoms with van der Waals surface area (Å²) >= 11 is 0. The van der Waals surface area contributed by atoms with Crippen LogP contribution in [0.5, 0.6) is 0 Å². The van der Waals surface area contributed by atoms with Crippen LogP contribution >= 0.6 is 0 Å². The number of fused-ring (bicyclic) bond motifs is 1. The van der Waals surface area contributed by atoms with Gasteiger partial charge in [-0.05, 0) is 0 Å². The van der Waals surface area contributed by atoms with Crippen LogP contribution in [0.1, 0.15) is 0 Å². The van der Waals surface area contributed by atoms with Crippen LogP contribution in [0.3, 0.4) is 0 Å². The van der Waals surface area contributed by atoms with Crippen molar-refractivity contribution in [2.45, 2.75) is 6.17 Å². The maximum atomic E-state index is 11.1. The van der Waals surface area contributed by atoms with E-state index >= 15 is 0 Å². The summed E-state index contributed by atoms with van der Waals surface area (Å²) in [6.45, 7) is 0. The average molecular weight is 167 g/mol. The number of urea groups is 1.